The van der Waals surface area contributed by atoms with Crippen LogP contribution in [-0.2, 0) is 4.43 Å². The minimum atomic E-state index is -2.49. The smallest absolute Gasteiger partial charge is 0.288 e. The van der Waals surface area contributed by atoms with Crippen molar-refractivity contribution >= 4 is 23.9 Å². The molecule has 0 atom stereocenters. The van der Waals surface area contributed by atoms with Gasteiger partial charge in [0.15, 0.2) is 0 Å². The van der Waals surface area contributed by atoms with Crippen molar-refractivity contribution in [1.82, 2.24) is 0 Å². The Morgan fingerprint density at radius 3 is 1.17 bits per heavy atom. The van der Waals surface area contributed by atoms with Crippen LogP contribution in [-0.4, -0.2) is 15.4 Å². The van der Waals surface area contributed by atoms with Gasteiger partial charge in [0.05, 0.1) is 0 Å². The molecule has 3 aromatic rings. The summed E-state index contributed by atoms with van der Waals surface area (Å²) in [5.74, 6) is 0. The molecule has 0 N–H and O–H groups in total. The van der Waals surface area contributed by atoms with Gasteiger partial charge in [0.25, 0.3) is 8.32 Å². The monoisotopic (exact) mass is 332 g/mol. The first-order chi connectivity index (χ1) is 11.6. The fourth-order valence-electron chi connectivity index (χ4n) is 3.45. The van der Waals surface area contributed by atoms with Crippen LogP contribution in [0.15, 0.2) is 72.8 Å². The van der Waals surface area contributed by atoms with Crippen LogP contribution in [0.1, 0.15) is 16.7 Å². The van der Waals surface area contributed by atoms with Crippen LogP contribution in [0, 0.1) is 20.8 Å². The lowest BCUT2D eigenvalue weighted by molar-refractivity contribution is 0.426. The predicted octanol–water partition coefficient (Wildman–Crippen LogP) is 3.23. The van der Waals surface area contributed by atoms with Gasteiger partial charge < -0.3 is 4.43 Å². The first-order valence-electron chi connectivity index (χ1n) is 8.33. The second-order valence-electron chi connectivity index (χ2n) is 6.49. The minimum absolute atomic E-state index is 1.27. The third-order valence-corrected chi connectivity index (χ3v) is 8.56. The lowest BCUT2D eigenvalue weighted by Crippen LogP contribution is -2.69. The van der Waals surface area contributed by atoms with E-state index in [-0.39, 0.29) is 0 Å². The second-order valence-corrected chi connectivity index (χ2v) is 10.00. The zero-order valence-electron chi connectivity index (χ0n) is 14.8. The molecule has 3 rings (SSSR count). The summed E-state index contributed by atoms with van der Waals surface area (Å²) in [6, 6.07) is 26.3. The van der Waals surface area contributed by atoms with E-state index in [2.05, 4.69) is 93.6 Å². The number of rotatable bonds is 4. The van der Waals surface area contributed by atoms with Crippen molar-refractivity contribution in [2.75, 3.05) is 7.11 Å². The zero-order valence-corrected chi connectivity index (χ0v) is 15.8. The van der Waals surface area contributed by atoms with Crippen molar-refractivity contribution in [3.8, 4) is 0 Å². The highest BCUT2D eigenvalue weighted by molar-refractivity contribution is 7.07. The summed E-state index contributed by atoms with van der Waals surface area (Å²) in [7, 11) is -0.632. The van der Waals surface area contributed by atoms with E-state index in [1.165, 1.54) is 32.3 Å². The van der Waals surface area contributed by atoms with Crippen molar-refractivity contribution in [3.05, 3.63) is 89.5 Å². The minimum Gasteiger partial charge on any atom is -0.408 e. The van der Waals surface area contributed by atoms with E-state index in [1.54, 1.807) is 0 Å². The van der Waals surface area contributed by atoms with Crippen molar-refractivity contribution in [2.24, 2.45) is 0 Å². The Morgan fingerprint density at radius 1 is 0.583 bits per heavy atom. The van der Waals surface area contributed by atoms with Crippen LogP contribution in [0.4, 0.5) is 0 Å². The molecule has 0 bridgehead atoms. The molecule has 0 saturated carbocycles. The summed E-state index contributed by atoms with van der Waals surface area (Å²) in [6.07, 6.45) is 0. The van der Waals surface area contributed by atoms with Gasteiger partial charge in [-0.05, 0) is 36.3 Å². The zero-order chi connectivity index (χ0) is 17.2. The lowest BCUT2D eigenvalue weighted by Gasteiger charge is -2.32. The molecule has 0 spiro atoms. The molecule has 0 unspecified atom stereocenters. The number of aryl methyl sites for hydroxylation is 3. The third-order valence-electron chi connectivity index (χ3n) is 4.58. The molecule has 0 aliphatic heterocycles. The molecule has 24 heavy (non-hydrogen) atoms. The van der Waals surface area contributed by atoms with E-state index in [1.807, 2.05) is 7.11 Å². The fraction of sp³-hybridized carbons (Fsp3) is 0.182. The van der Waals surface area contributed by atoms with Crippen molar-refractivity contribution in [3.63, 3.8) is 0 Å². The predicted molar refractivity (Wildman–Crippen MR) is 105 cm³/mol. The van der Waals surface area contributed by atoms with Gasteiger partial charge in [0.1, 0.15) is 0 Å². The summed E-state index contributed by atoms with van der Waals surface area (Å²) < 4.78 is 6.40. The molecule has 0 aromatic heterocycles. The van der Waals surface area contributed by atoms with Gasteiger partial charge in [0.2, 0.25) is 0 Å². The molecular formula is C22H24OSi. The van der Waals surface area contributed by atoms with Crippen LogP contribution in [0.25, 0.3) is 0 Å². The SMILES string of the molecule is CO[Si](c1cccc(C)c1)(c1cccc(C)c1)c1cccc(C)c1. The van der Waals surface area contributed by atoms with Gasteiger partial charge in [-0.15, -0.1) is 0 Å². The Balaban J connectivity index is 2.34. The van der Waals surface area contributed by atoms with Crippen LogP contribution in [0.3, 0.4) is 0 Å². The van der Waals surface area contributed by atoms with Gasteiger partial charge in [-0.25, -0.2) is 0 Å². The molecule has 2 heteroatoms. The van der Waals surface area contributed by atoms with Gasteiger partial charge in [-0.2, -0.15) is 0 Å². The molecule has 0 radical (unpaired) electrons. The van der Waals surface area contributed by atoms with Crippen molar-refractivity contribution in [1.29, 1.82) is 0 Å². The highest BCUT2D eigenvalue weighted by Gasteiger charge is 2.41. The van der Waals surface area contributed by atoms with Crippen molar-refractivity contribution < 1.29 is 4.43 Å². The summed E-state index contributed by atoms with van der Waals surface area (Å²) >= 11 is 0. The largest absolute Gasteiger partial charge is 0.408 e. The first-order valence-corrected chi connectivity index (χ1v) is 10.2. The van der Waals surface area contributed by atoms with Crippen LogP contribution in [0.2, 0.25) is 0 Å². The molecule has 0 fully saturated rings. The van der Waals surface area contributed by atoms with Gasteiger partial charge in [-0.1, -0.05) is 89.5 Å². The topological polar surface area (TPSA) is 9.23 Å². The first kappa shape index (κ1) is 16.7. The molecule has 3 aromatic carbocycles. The van der Waals surface area contributed by atoms with E-state index >= 15 is 0 Å². The maximum absolute atomic E-state index is 6.40. The van der Waals surface area contributed by atoms with E-state index < -0.39 is 8.32 Å². The maximum atomic E-state index is 6.40. The Morgan fingerprint density at radius 2 is 0.917 bits per heavy atom. The lowest BCUT2D eigenvalue weighted by atomic mass is 10.2. The number of benzene rings is 3. The molecule has 0 aliphatic rings. The van der Waals surface area contributed by atoms with Gasteiger partial charge >= 0.3 is 0 Å². The van der Waals surface area contributed by atoms with Crippen LogP contribution < -0.4 is 15.6 Å². The molecule has 0 heterocycles. The second kappa shape index (κ2) is 6.76. The van der Waals surface area contributed by atoms with E-state index in [0.717, 1.165) is 0 Å². The normalized spacial score (nSPS) is 11.5. The van der Waals surface area contributed by atoms with Gasteiger partial charge in [0, 0.05) is 7.11 Å². The highest BCUT2D eigenvalue weighted by atomic mass is 28.4. The summed E-state index contributed by atoms with van der Waals surface area (Å²) in [5, 5.41) is 3.88. The summed E-state index contributed by atoms with van der Waals surface area (Å²) in [4.78, 5) is 0. The standard InChI is InChI=1S/C22H24OSi/c1-17-8-5-11-20(14-17)24(23-4,21-12-6-9-18(2)15-21)22-13-7-10-19(3)16-22/h5-16H,1-4H3. The van der Waals surface area contributed by atoms with E-state index in [4.69, 9.17) is 4.43 Å². The van der Waals surface area contributed by atoms with Crippen molar-refractivity contribution in [2.45, 2.75) is 20.8 Å². The van der Waals surface area contributed by atoms with Crippen LogP contribution >= 0.6 is 0 Å². The molecule has 1 nitrogen and oxygen atoms in total. The Labute approximate surface area is 146 Å². The number of hydrogen-bond donors (Lipinski definition) is 0. The molecular weight excluding hydrogens is 308 g/mol. The maximum Gasteiger partial charge on any atom is 0.288 e. The summed E-state index contributed by atoms with van der Waals surface area (Å²) in [6.45, 7) is 6.43. The summed E-state index contributed by atoms with van der Waals surface area (Å²) in [5.41, 5.74) is 3.80. The quantitative estimate of drug-likeness (QED) is 0.526. The van der Waals surface area contributed by atoms with E-state index in [9.17, 15) is 0 Å². The number of hydrogen-bond acceptors (Lipinski definition) is 1. The van der Waals surface area contributed by atoms with E-state index in [0.29, 0.717) is 0 Å². The Kier molecular flexibility index (Phi) is 4.70. The third kappa shape index (κ3) is 2.95. The Bertz CT molecular complexity index is 743. The molecule has 0 saturated heterocycles. The van der Waals surface area contributed by atoms with Crippen LogP contribution in [0.5, 0.6) is 0 Å². The fourth-order valence-corrected chi connectivity index (χ4v) is 7.44. The average Bonchev–Trinajstić information content (AvgIpc) is 2.56. The highest BCUT2D eigenvalue weighted by Crippen LogP contribution is 2.11. The Hall–Kier alpha value is -2.16. The average molecular weight is 333 g/mol. The molecule has 0 amide bonds. The molecule has 122 valence electrons. The molecule has 0 aliphatic carbocycles. The van der Waals surface area contributed by atoms with Gasteiger partial charge in [-0.3, -0.25) is 0 Å².